The molecule has 1 N–H and O–H groups in total. The Bertz CT molecular complexity index is 323. The first-order valence-electron chi connectivity index (χ1n) is 6.97. The Hall–Kier alpha value is -0.570. The monoisotopic (exact) mass is 266 g/mol. The van der Waals surface area contributed by atoms with Crippen LogP contribution in [0.3, 0.4) is 0 Å². The lowest BCUT2D eigenvalue weighted by Gasteiger charge is -2.18. The van der Waals surface area contributed by atoms with Crippen molar-refractivity contribution in [2.75, 3.05) is 32.1 Å². The molecule has 0 spiro atoms. The molecule has 1 saturated heterocycles. The quantitative estimate of drug-likeness (QED) is 0.603. The summed E-state index contributed by atoms with van der Waals surface area (Å²) in [6.07, 6.45) is 3.96. The fourth-order valence-corrected chi connectivity index (χ4v) is 2.82. The number of alkyl halides is 1. The van der Waals surface area contributed by atoms with Gasteiger partial charge in [-0.1, -0.05) is 30.3 Å². The first kappa shape index (κ1) is 13.9. The second-order valence-electron chi connectivity index (χ2n) is 4.97. The third-order valence-electron chi connectivity index (χ3n) is 3.60. The van der Waals surface area contributed by atoms with E-state index < -0.39 is 0 Å². The van der Waals surface area contributed by atoms with Crippen molar-refractivity contribution in [1.29, 1.82) is 0 Å². The Balaban J connectivity index is 1.67. The molecule has 2 rings (SSSR count). The average molecular weight is 267 g/mol. The van der Waals surface area contributed by atoms with E-state index in [1.54, 1.807) is 0 Å². The van der Waals surface area contributed by atoms with Crippen LogP contribution in [-0.2, 0) is 0 Å². The highest BCUT2D eigenvalue weighted by atomic mass is 35.5. The van der Waals surface area contributed by atoms with E-state index in [4.69, 9.17) is 11.6 Å². The fourth-order valence-electron chi connectivity index (χ4n) is 2.53. The number of benzene rings is 1. The Labute approximate surface area is 115 Å². The molecule has 3 heteroatoms. The van der Waals surface area contributed by atoms with Crippen LogP contribution in [0, 0.1) is 0 Å². The zero-order valence-corrected chi connectivity index (χ0v) is 11.7. The second kappa shape index (κ2) is 7.78. The van der Waals surface area contributed by atoms with Crippen LogP contribution in [0.4, 0.5) is 0 Å². The van der Waals surface area contributed by atoms with Crippen molar-refractivity contribution in [3.63, 3.8) is 0 Å². The molecule has 0 saturated carbocycles. The van der Waals surface area contributed by atoms with Crippen molar-refractivity contribution in [3.8, 4) is 0 Å². The molecule has 1 aromatic rings. The minimum Gasteiger partial charge on any atom is -0.309 e. The number of hydrogen-bond acceptors (Lipinski definition) is 2. The highest BCUT2D eigenvalue weighted by molar-refractivity contribution is 6.18. The van der Waals surface area contributed by atoms with Gasteiger partial charge >= 0.3 is 0 Å². The molecule has 1 atom stereocenters. The van der Waals surface area contributed by atoms with Gasteiger partial charge in [-0.3, -0.25) is 0 Å². The first-order chi connectivity index (χ1) is 8.90. The molecule has 1 fully saturated rings. The highest BCUT2D eigenvalue weighted by Gasteiger charge is 2.11. The molecule has 1 aromatic carbocycles. The van der Waals surface area contributed by atoms with Crippen LogP contribution in [0.15, 0.2) is 30.3 Å². The lowest BCUT2D eigenvalue weighted by molar-refractivity contribution is 0.328. The van der Waals surface area contributed by atoms with Crippen molar-refractivity contribution in [2.45, 2.75) is 25.3 Å². The van der Waals surface area contributed by atoms with Gasteiger partial charge in [0.1, 0.15) is 0 Å². The van der Waals surface area contributed by atoms with E-state index in [2.05, 4.69) is 34.5 Å². The van der Waals surface area contributed by atoms with Crippen LogP contribution in [0.2, 0.25) is 0 Å². The third kappa shape index (κ3) is 4.27. The van der Waals surface area contributed by atoms with Gasteiger partial charge in [-0.05, 0) is 51.0 Å². The minimum absolute atomic E-state index is 0.284. The molecular formula is C15H23ClN2. The first-order valence-corrected chi connectivity index (χ1v) is 7.50. The van der Waals surface area contributed by atoms with Gasteiger partial charge in [-0.2, -0.15) is 0 Å². The van der Waals surface area contributed by atoms with E-state index in [0.717, 1.165) is 6.54 Å². The summed E-state index contributed by atoms with van der Waals surface area (Å²) in [5, 5.41) is 3.55. The molecule has 2 nitrogen and oxygen atoms in total. The number of halogens is 1. The molecule has 18 heavy (non-hydrogen) atoms. The lowest BCUT2D eigenvalue weighted by atomic mass is 10.1. The molecule has 0 aromatic heterocycles. The Morgan fingerprint density at radius 2 is 1.89 bits per heavy atom. The summed E-state index contributed by atoms with van der Waals surface area (Å²) < 4.78 is 0. The van der Waals surface area contributed by atoms with Crippen molar-refractivity contribution >= 4 is 11.6 Å². The molecule has 0 bridgehead atoms. The average Bonchev–Trinajstić information content (AvgIpc) is 2.93. The fraction of sp³-hybridized carbons (Fsp3) is 0.600. The predicted molar refractivity (Wildman–Crippen MR) is 78.2 cm³/mol. The summed E-state index contributed by atoms with van der Waals surface area (Å²) in [6, 6.07) is 10.7. The van der Waals surface area contributed by atoms with Crippen LogP contribution in [0.25, 0.3) is 0 Å². The van der Waals surface area contributed by atoms with Gasteiger partial charge in [0, 0.05) is 11.9 Å². The SMILES string of the molecule is ClCC(NCCCN1CCCC1)c1ccccc1. The maximum atomic E-state index is 6.04. The van der Waals surface area contributed by atoms with Gasteiger partial charge in [0.15, 0.2) is 0 Å². The van der Waals surface area contributed by atoms with E-state index in [1.165, 1.54) is 44.5 Å². The van der Waals surface area contributed by atoms with Gasteiger partial charge in [-0.25, -0.2) is 0 Å². The molecule has 0 aliphatic carbocycles. The lowest BCUT2D eigenvalue weighted by Crippen LogP contribution is -2.28. The maximum absolute atomic E-state index is 6.04. The van der Waals surface area contributed by atoms with Crippen molar-refractivity contribution in [1.82, 2.24) is 10.2 Å². The normalized spacial score (nSPS) is 18.1. The number of nitrogens with one attached hydrogen (secondary N) is 1. The van der Waals surface area contributed by atoms with Crippen molar-refractivity contribution < 1.29 is 0 Å². The van der Waals surface area contributed by atoms with Crippen molar-refractivity contribution in [2.24, 2.45) is 0 Å². The van der Waals surface area contributed by atoms with E-state index in [1.807, 2.05) is 6.07 Å². The Morgan fingerprint density at radius 3 is 2.56 bits per heavy atom. The van der Waals surface area contributed by atoms with Crippen LogP contribution in [0.1, 0.15) is 30.9 Å². The highest BCUT2D eigenvalue weighted by Crippen LogP contribution is 2.14. The molecule has 100 valence electrons. The number of hydrogen-bond donors (Lipinski definition) is 1. The second-order valence-corrected chi connectivity index (χ2v) is 5.28. The van der Waals surface area contributed by atoms with Crippen LogP contribution in [-0.4, -0.2) is 37.0 Å². The van der Waals surface area contributed by atoms with Gasteiger partial charge in [-0.15, -0.1) is 11.6 Å². The van der Waals surface area contributed by atoms with E-state index in [0.29, 0.717) is 5.88 Å². The predicted octanol–water partition coefficient (Wildman–Crippen LogP) is 3.04. The van der Waals surface area contributed by atoms with Gasteiger partial charge in [0.2, 0.25) is 0 Å². The smallest absolute Gasteiger partial charge is 0.0457 e. The summed E-state index contributed by atoms with van der Waals surface area (Å²) in [6.45, 7) is 4.84. The minimum atomic E-state index is 0.284. The third-order valence-corrected chi connectivity index (χ3v) is 3.91. The van der Waals surface area contributed by atoms with Crippen LogP contribution >= 0.6 is 11.6 Å². The number of likely N-dealkylation sites (tertiary alicyclic amines) is 1. The summed E-state index contributed by atoms with van der Waals surface area (Å²) in [4.78, 5) is 2.56. The topological polar surface area (TPSA) is 15.3 Å². The van der Waals surface area contributed by atoms with Gasteiger partial charge < -0.3 is 10.2 Å². The van der Waals surface area contributed by atoms with Crippen molar-refractivity contribution in [3.05, 3.63) is 35.9 Å². The van der Waals surface area contributed by atoms with E-state index >= 15 is 0 Å². The van der Waals surface area contributed by atoms with Gasteiger partial charge in [0.25, 0.3) is 0 Å². The standard InChI is InChI=1S/C15H23ClN2/c16-13-15(14-7-2-1-3-8-14)17-9-6-12-18-10-4-5-11-18/h1-3,7-8,15,17H,4-6,9-13H2. The number of rotatable bonds is 7. The molecular weight excluding hydrogens is 244 g/mol. The summed E-state index contributed by atoms with van der Waals surface area (Å²) in [7, 11) is 0. The van der Waals surface area contributed by atoms with Crippen LogP contribution in [0.5, 0.6) is 0 Å². The molecule has 0 radical (unpaired) electrons. The summed E-state index contributed by atoms with van der Waals surface area (Å²) in [5.74, 6) is 0.633. The summed E-state index contributed by atoms with van der Waals surface area (Å²) >= 11 is 6.04. The Kier molecular flexibility index (Phi) is 5.98. The molecule has 1 heterocycles. The number of nitrogens with zero attached hydrogens (tertiary/aromatic N) is 1. The maximum Gasteiger partial charge on any atom is 0.0457 e. The van der Waals surface area contributed by atoms with Gasteiger partial charge in [0.05, 0.1) is 0 Å². The zero-order chi connectivity index (χ0) is 12.6. The molecule has 1 aliphatic heterocycles. The molecule has 1 unspecified atom stereocenters. The van der Waals surface area contributed by atoms with E-state index in [-0.39, 0.29) is 6.04 Å². The van der Waals surface area contributed by atoms with Crippen LogP contribution < -0.4 is 5.32 Å². The Morgan fingerprint density at radius 1 is 1.17 bits per heavy atom. The largest absolute Gasteiger partial charge is 0.309 e. The summed E-state index contributed by atoms with van der Waals surface area (Å²) in [5.41, 5.74) is 1.29. The zero-order valence-electron chi connectivity index (χ0n) is 10.9. The molecule has 0 amide bonds. The van der Waals surface area contributed by atoms with E-state index in [9.17, 15) is 0 Å². The molecule has 1 aliphatic rings.